The monoisotopic (exact) mass is 359 g/mol. The number of halogens is 1. The van der Waals surface area contributed by atoms with Crippen LogP contribution in [0.5, 0.6) is 0 Å². The first kappa shape index (κ1) is 15.0. The van der Waals surface area contributed by atoms with E-state index in [4.69, 9.17) is 0 Å². The molecule has 2 aromatic rings. The Morgan fingerprint density at radius 2 is 2.14 bits per heavy atom. The molecule has 0 bridgehead atoms. The number of aromatic nitrogens is 1. The van der Waals surface area contributed by atoms with E-state index in [-0.39, 0.29) is 5.91 Å². The summed E-state index contributed by atoms with van der Waals surface area (Å²) in [5.74, 6) is -0.0753. The van der Waals surface area contributed by atoms with Crippen LogP contribution in [0.3, 0.4) is 0 Å². The molecule has 1 amide bonds. The summed E-state index contributed by atoms with van der Waals surface area (Å²) >= 11 is 3.34. The van der Waals surface area contributed by atoms with Crippen LogP contribution in [0, 0.1) is 0 Å². The summed E-state index contributed by atoms with van der Waals surface area (Å²) in [5, 5.41) is 3.03. The van der Waals surface area contributed by atoms with E-state index >= 15 is 0 Å². The Hall–Kier alpha value is -1.88. The molecule has 1 aromatic carbocycles. The van der Waals surface area contributed by atoms with Crippen LogP contribution in [0.4, 0.5) is 5.69 Å². The van der Waals surface area contributed by atoms with Gasteiger partial charge in [0, 0.05) is 41.7 Å². The maximum Gasteiger partial charge on any atom is 0.252 e. The van der Waals surface area contributed by atoms with Gasteiger partial charge in [-0.3, -0.25) is 9.78 Å². The SMILES string of the molecule is O=C(NCC1CCCN1c1ccccc1)c1cncc(Br)c1. The molecule has 2 heterocycles. The van der Waals surface area contributed by atoms with Gasteiger partial charge in [0.25, 0.3) is 5.91 Å². The summed E-state index contributed by atoms with van der Waals surface area (Å²) in [5.41, 5.74) is 1.81. The topological polar surface area (TPSA) is 45.2 Å². The summed E-state index contributed by atoms with van der Waals surface area (Å²) in [4.78, 5) is 18.6. The zero-order chi connectivity index (χ0) is 15.4. The van der Waals surface area contributed by atoms with E-state index in [1.807, 2.05) is 6.07 Å². The van der Waals surface area contributed by atoms with Crippen molar-refractivity contribution in [2.24, 2.45) is 0 Å². The molecule has 1 aliphatic heterocycles. The Bertz CT molecular complexity index is 647. The molecule has 1 fully saturated rings. The number of amides is 1. The number of para-hydroxylation sites is 1. The lowest BCUT2D eigenvalue weighted by atomic mass is 10.2. The summed E-state index contributed by atoms with van der Waals surface area (Å²) in [6.45, 7) is 1.70. The highest BCUT2D eigenvalue weighted by Gasteiger charge is 2.25. The van der Waals surface area contributed by atoms with Gasteiger partial charge in [-0.1, -0.05) is 18.2 Å². The van der Waals surface area contributed by atoms with Crippen molar-refractivity contribution >= 4 is 27.5 Å². The van der Waals surface area contributed by atoms with Crippen molar-refractivity contribution < 1.29 is 4.79 Å². The van der Waals surface area contributed by atoms with Crippen molar-refractivity contribution in [1.29, 1.82) is 0 Å². The molecule has 0 aliphatic carbocycles. The third-order valence-electron chi connectivity index (χ3n) is 3.93. The van der Waals surface area contributed by atoms with E-state index in [1.54, 1.807) is 18.5 Å². The largest absolute Gasteiger partial charge is 0.367 e. The smallest absolute Gasteiger partial charge is 0.252 e. The molecule has 0 spiro atoms. The fraction of sp³-hybridized carbons (Fsp3) is 0.294. The molecule has 0 radical (unpaired) electrons. The quantitative estimate of drug-likeness (QED) is 0.911. The maximum atomic E-state index is 12.2. The molecule has 3 rings (SSSR count). The van der Waals surface area contributed by atoms with E-state index in [1.165, 1.54) is 5.69 Å². The number of nitrogens with zero attached hydrogens (tertiary/aromatic N) is 2. The standard InChI is InChI=1S/C17H18BrN3O/c18-14-9-13(10-19-11-14)17(22)20-12-16-7-4-8-21(16)15-5-2-1-3-6-15/h1-3,5-6,9-11,16H,4,7-8,12H2,(H,20,22). The molecule has 114 valence electrons. The minimum absolute atomic E-state index is 0.0753. The minimum atomic E-state index is -0.0753. The van der Waals surface area contributed by atoms with Crippen molar-refractivity contribution in [3.05, 3.63) is 58.8 Å². The molecule has 4 nitrogen and oxygen atoms in total. The molecular weight excluding hydrogens is 342 g/mol. The van der Waals surface area contributed by atoms with E-state index in [0.717, 1.165) is 23.9 Å². The third kappa shape index (κ3) is 3.47. The fourth-order valence-electron chi connectivity index (χ4n) is 2.86. The molecular formula is C17H18BrN3O. The van der Waals surface area contributed by atoms with Gasteiger partial charge in [0.15, 0.2) is 0 Å². The lowest BCUT2D eigenvalue weighted by Crippen LogP contribution is -2.40. The van der Waals surface area contributed by atoms with Gasteiger partial charge in [0.2, 0.25) is 0 Å². The Labute approximate surface area is 138 Å². The number of hydrogen-bond donors (Lipinski definition) is 1. The predicted octanol–water partition coefficient (Wildman–Crippen LogP) is 3.24. The van der Waals surface area contributed by atoms with Crippen molar-refractivity contribution in [2.45, 2.75) is 18.9 Å². The zero-order valence-corrected chi connectivity index (χ0v) is 13.8. The molecule has 1 saturated heterocycles. The summed E-state index contributed by atoms with van der Waals surface area (Å²) in [7, 11) is 0. The number of nitrogens with one attached hydrogen (secondary N) is 1. The number of benzene rings is 1. The third-order valence-corrected chi connectivity index (χ3v) is 4.36. The first-order chi connectivity index (χ1) is 10.7. The number of carbonyl (C=O) groups excluding carboxylic acids is 1. The van der Waals surface area contributed by atoms with E-state index < -0.39 is 0 Å². The number of pyridine rings is 1. The molecule has 1 aromatic heterocycles. The molecule has 5 heteroatoms. The van der Waals surface area contributed by atoms with E-state index in [0.29, 0.717) is 18.2 Å². The highest BCUT2D eigenvalue weighted by atomic mass is 79.9. The van der Waals surface area contributed by atoms with Crippen LogP contribution in [0.1, 0.15) is 23.2 Å². The van der Waals surface area contributed by atoms with E-state index in [9.17, 15) is 4.79 Å². The first-order valence-corrected chi connectivity index (χ1v) is 8.24. The molecule has 22 heavy (non-hydrogen) atoms. The second kappa shape index (κ2) is 6.92. The van der Waals surface area contributed by atoms with Crippen LogP contribution >= 0.6 is 15.9 Å². The summed E-state index contributed by atoms with van der Waals surface area (Å²) < 4.78 is 0.812. The molecule has 1 unspecified atom stereocenters. The van der Waals surface area contributed by atoms with Gasteiger partial charge >= 0.3 is 0 Å². The zero-order valence-electron chi connectivity index (χ0n) is 12.2. The lowest BCUT2D eigenvalue weighted by Gasteiger charge is -2.27. The van der Waals surface area contributed by atoms with Gasteiger partial charge in [0.05, 0.1) is 5.56 Å². The van der Waals surface area contributed by atoms with E-state index in [2.05, 4.69) is 55.4 Å². The van der Waals surface area contributed by atoms with Crippen LogP contribution in [-0.2, 0) is 0 Å². The van der Waals surface area contributed by atoms with Crippen LogP contribution in [0.2, 0.25) is 0 Å². The second-order valence-electron chi connectivity index (χ2n) is 5.43. The van der Waals surface area contributed by atoms with Gasteiger partial charge in [-0.25, -0.2) is 0 Å². The van der Waals surface area contributed by atoms with Gasteiger partial charge in [-0.2, -0.15) is 0 Å². The molecule has 1 atom stereocenters. The van der Waals surface area contributed by atoms with Gasteiger partial charge in [-0.05, 0) is 47.0 Å². The molecule has 1 aliphatic rings. The Morgan fingerprint density at radius 3 is 2.91 bits per heavy atom. The maximum absolute atomic E-state index is 12.2. The number of rotatable bonds is 4. The minimum Gasteiger partial charge on any atom is -0.367 e. The summed E-state index contributed by atoms with van der Waals surface area (Å²) in [6.07, 6.45) is 5.52. The summed E-state index contributed by atoms with van der Waals surface area (Å²) in [6, 6.07) is 12.5. The fourth-order valence-corrected chi connectivity index (χ4v) is 3.22. The number of anilines is 1. The second-order valence-corrected chi connectivity index (χ2v) is 6.34. The average Bonchev–Trinajstić information content (AvgIpc) is 3.02. The van der Waals surface area contributed by atoms with Crippen LogP contribution in [0.25, 0.3) is 0 Å². The Kier molecular flexibility index (Phi) is 4.73. The molecule has 1 N–H and O–H groups in total. The van der Waals surface area contributed by atoms with Crippen LogP contribution < -0.4 is 10.2 Å². The molecule has 0 saturated carbocycles. The van der Waals surface area contributed by atoms with Crippen molar-refractivity contribution in [2.75, 3.05) is 18.0 Å². The highest BCUT2D eigenvalue weighted by molar-refractivity contribution is 9.10. The van der Waals surface area contributed by atoms with Crippen LogP contribution in [-0.4, -0.2) is 30.0 Å². The average molecular weight is 360 g/mol. The first-order valence-electron chi connectivity index (χ1n) is 7.44. The number of hydrogen-bond acceptors (Lipinski definition) is 3. The Balaban J connectivity index is 1.62. The van der Waals surface area contributed by atoms with Crippen molar-refractivity contribution in [3.63, 3.8) is 0 Å². The van der Waals surface area contributed by atoms with Crippen molar-refractivity contribution in [1.82, 2.24) is 10.3 Å². The van der Waals surface area contributed by atoms with Gasteiger partial charge < -0.3 is 10.2 Å². The van der Waals surface area contributed by atoms with Gasteiger partial charge in [0.1, 0.15) is 0 Å². The normalized spacial score (nSPS) is 17.5. The van der Waals surface area contributed by atoms with Gasteiger partial charge in [-0.15, -0.1) is 0 Å². The highest BCUT2D eigenvalue weighted by Crippen LogP contribution is 2.24. The van der Waals surface area contributed by atoms with Crippen LogP contribution in [0.15, 0.2) is 53.3 Å². The number of carbonyl (C=O) groups is 1. The predicted molar refractivity (Wildman–Crippen MR) is 91.1 cm³/mol. The lowest BCUT2D eigenvalue weighted by molar-refractivity contribution is 0.0951. The Morgan fingerprint density at radius 1 is 1.32 bits per heavy atom. The van der Waals surface area contributed by atoms with Crippen molar-refractivity contribution in [3.8, 4) is 0 Å².